The molecule has 2 unspecified atom stereocenters. The van der Waals surface area contributed by atoms with Gasteiger partial charge < -0.3 is 9.47 Å². The summed E-state index contributed by atoms with van der Waals surface area (Å²) in [5.74, 6) is 0. The number of hydrogen-bond acceptors (Lipinski definition) is 5. The molecule has 5 nitrogen and oxygen atoms in total. The van der Waals surface area contributed by atoms with Crippen LogP contribution in [0.1, 0.15) is 64.7 Å². The minimum atomic E-state index is -3.34. The number of unbranched alkanes of at least 4 members (excludes halogenated alkanes) is 2. The van der Waals surface area contributed by atoms with Crippen molar-refractivity contribution in [2.45, 2.75) is 77.1 Å². The Morgan fingerprint density at radius 2 is 1.95 bits per heavy atom. The van der Waals surface area contributed by atoms with E-state index in [-0.39, 0.29) is 19.0 Å². The van der Waals surface area contributed by atoms with Crippen LogP contribution in [0.4, 0.5) is 0 Å². The summed E-state index contributed by atoms with van der Waals surface area (Å²) in [5.41, 5.74) is 0. The highest BCUT2D eigenvalue weighted by molar-refractivity contribution is 7.85. The molecule has 0 radical (unpaired) electrons. The molecule has 0 spiro atoms. The molecular formula is C15H30O5S. The third-order valence-electron chi connectivity index (χ3n) is 3.58. The van der Waals surface area contributed by atoms with E-state index < -0.39 is 10.1 Å². The van der Waals surface area contributed by atoms with Gasteiger partial charge in [0, 0.05) is 6.61 Å². The average Bonchev–Trinajstić information content (AvgIpc) is 2.43. The average molecular weight is 322 g/mol. The SMILES string of the molecule is CCCCCC(CCCOS(C)(=O)=O)OC1CCCCO1. The summed E-state index contributed by atoms with van der Waals surface area (Å²) in [6, 6.07) is 0. The van der Waals surface area contributed by atoms with Gasteiger partial charge in [-0.05, 0) is 38.5 Å². The molecule has 0 amide bonds. The second kappa shape index (κ2) is 10.5. The zero-order valence-electron chi connectivity index (χ0n) is 13.4. The molecule has 21 heavy (non-hydrogen) atoms. The predicted molar refractivity (Wildman–Crippen MR) is 82.6 cm³/mol. The standard InChI is InChI=1S/C15H30O5S/c1-3-4-5-9-14(10-8-13-19-21(2,16)17)20-15-11-6-7-12-18-15/h14-15H,3-13H2,1-2H3. The molecule has 0 bridgehead atoms. The van der Waals surface area contributed by atoms with Crippen LogP contribution in [0.5, 0.6) is 0 Å². The Balaban J connectivity index is 2.28. The van der Waals surface area contributed by atoms with E-state index in [1.807, 2.05) is 0 Å². The molecule has 126 valence electrons. The van der Waals surface area contributed by atoms with Gasteiger partial charge >= 0.3 is 0 Å². The van der Waals surface area contributed by atoms with Gasteiger partial charge in [0.1, 0.15) is 0 Å². The Labute approximate surface area is 129 Å². The third kappa shape index (κ3) is 10.2. The van der Waals surface area contributed by atoms with Crippen molar-refractivity contribution < 1.29 is 22.1 Å². The molecule has 0 aromatic heterocycles. The highest BCUT2D eigenvalue weighted by Crippen LogP contribution is 2.20. The molecule has 0 N–H and O–H groups in total. The Morgan fingerprint density at radius 3 is 2.57 bits per heavy atom. The molecule has 2 atom stereocenters. The molecule has 0 saturated carbocycles. The van der Waals surface area contributed by atoms with E-state index in [0.29, 0.717) is 6.42 Å². The maximum Gasteiger partial charge on any atom is 0.264 e. The van der Waals surface area contributed by atoms with E-state index in [4.69, 9.17) is 13.7 Å². The van der Waals surface area contributed by atoms with Crippen LogP contribution in [-0.2, 0) is 23.8 Å². The molecule has 0 aliphatic carbocycles. The van der Waals surface area contributed by atoms with Gasteiger partial charge in [-0.2, -0.15) is 8.42 Å². The summed E-state index contributed by atoms with van der Waals surface area (Å²) in [4.78, 5) is 0. The third-order valence-corrected chi connectivity index (χ3v) is 4.17. The fourth-order valence-electron chi connectivity index (χ4n) is 2.46. The summed E-state index contributed by atoms with van der Waals surface area (Å²) < 4.78 is 38.3. The van der Waals surface area contributed by atoms with Crippen LogP contribution in [0.3, 0.4) is 0 Å². The highest BCUT2D eigenvalue weighted by Gasteiger charge is 2.19. The van der Waals surface area contributed by atoms with Gasteiger partial charge in [0.2, 0.25) is 0 Å². The minimum absolute atomic E-state index is 0.0822. The summed E-state index contributed by atoms with van der Waals surface area (Å²) >= 11 is 0. The monoisotopic (exact) mass is 322 g/mol. The number of ether oxygens (including phenoxy) is 2. The van der Waals surface area contributed by atoms with Crippen LogP contribution >= 0.6 is 0 Å². The molecule has 0 aromatic rings. The molecule has 6 heteroatoms. The van der Waals surface area contributed by atoms with Gasteiger partial charge in [-0.1, -0.05) is 26.2 Å². The lowest BCUT2D eigenvalue weighted by Gasteiger charge is -2.28. The molecule has 1 fully saturated rings. The van der Waals surface area contributed by atoms with Gasteiger partial charge in [0.15, 0.2) is 6.29 Å². The van der Waals surface area contributed by atoms with Gasteiger partial charge in [-0.25, -0.2) is 0 Å². The van der Waals surface area contributed by atoms with Crippen LogP contribution in [0.2, 0.25) is 0 Å². The Kier molecular flexibility index (Phi) is 9.47. The smallest absolute Gasteiger partial charge is 0.264 e. The first-order valence-electron chi connectivity index (χ1n) is 8.12. The van der Waals surface area contributed by atoms with Crippen molar-refractivity contribution in [2.24, 2.45) is 0 Å². The second-order valence-electron chi connectivity index (χ2n) is 5.72. The van der Waals surface area contributed by atoms with Crippen LogP contribution in [-0.4, -0.2) is 40.3 Å². The Morgan fingerprint density at radius 1 is 1.19 bits per heavy atom. The molecule has 1 heterocycles. The largest absolute Gasteiger partial charge is 0.353 e. The first-order chi connectivity index (χ1) is 10.0. The maximum atomic E-state index is 10.9. The van der Waals surface area contributed by atoms with Crippen molar-refractivity contribution in [3.63, 3.8) is 0 Å². The summed E-state index contributed by atoms with van der Waals surface area (Å²) in [6.07, 6.45) is 10.4. The summed E-state index contributed by atoms with van der Waals surface area (Å²) in [6.45, 7) is 3.20. The van der Waals surface area contributed by atoms with Gasteiger partial charge in [-0.15, -0.1) is 0 Å². The first-order valence-corrected chi connectivity index (χ1v) is 9.94. The summed E-state index contributed by atoms with van der Waals surface area (Å²) in [7, 11) is -3.34. The molecular weight excluding hydrogens is 292 g/mol. The Bertz CT molecular complexity index is 349. The second-order valence-corrected chi connectivity index (χ2v) is 7.36. The quantitative estimate of drug-likeness (QED) is 0.432. The van der Waals surface area contributed by atoms with Crippen molar-refractivity contribution in [3.8, 4) is 0 Å². The van der Waals surface area contributed by atoms with Crippen molar-refractivity contribution in [1.82, 2.24) is 0 Å². The van der Waals surface area contributed by atoms with Crippen molar-refractivity contribution in [2.75, 3.05) is 19.5 Å². The molecule has 1 saturated heterocycles. The van der Waals surface area contributed by atoms with E-state index in [2.05, 4.69) is 6.92 Å². The fourth-order valence-corrected chi connectivity index (χ4v) is 2.88. The van der Waals surface area contributed by atoms with E-state index in [1.54, 1.807) is 0 Å². The Hall–Kier alpha value is -0.170. The minimum Gasteiger partial charge on any atom is -0.353 e. The summed E-state index contributed by atoms with van der Waals surface area (Å²) in [5, 5.41) is 0. The fraction of sp³-hybridized carbons (Fsp3) is 1.00. The van der Waals surface area contributed by atoms with Crippen LogP contribution in [0, 0.1) is 0 Å². The van der Waals surface area contributed by atoms with Crippen LogP contribution in [0.25, 0.3) is 0 Å². The lowest BCUT2D eigenvalue weighted by Crippen LogP contribution is -2.28. The van der Waals surface area contributed by atoms with E-state index in [9.17, 15) is 8.42 Å². The van der Waals surface area contributed by atoms with Crippen molar-refractivity contribution in [1.29, 1.82) is 0 Å². The van der Waals surface area contributed by atoms with Gasteiger partial charge in [0.25, 0.3) is 10.1 Å². The molecule has 1 rings (SSSR count). The van der Waals surface area contributed by atoms with Gasteiger partial charge in [0.05, 0.1) is 19.0 Å². The molecule has 1 aliphatic rings. The lowest BCUT2D eigenvalue weighted by molar-refractivity contribution is -0.191. The van der Waals surface area contributed by atoms with Crippen LogP contribution in [0.15, 0.2) is 0 Å². The molecule has 1 aliphatic heterocycles. The van der Waals surface area contributed by atoms with Crippen molar-refractivity contribution >= 4 is 10.1 Å². The van der Waals surface area contributed by atoms with E-state index >= 15 is 0 Å². The molecule has 0 aromatic carbocycles. The zero-order chi connectivity index (χ0) is 15.6. The lowest BCUT2D eigenvalue weighted by atomic mass is 10.1. The maximum absolute atomic E-state index is 10.9. The van der Waals surface area contributed by atoms with Crippen molar-refractivity contribution in [3.05, 3.63) is 0 Å². The number of hydrogen-bond donors (Lipinski definition) is 0. The zero-order valence-corrected chi connectivity index (χ0v) is 14.2. The first kappa shape index (κ1) is 18.9. The number of rotatable bonds is 11. The highest BCUT2D eigenvalue weighted by atomic mass is 32.2. The predicted octanol–water partition coefficient (Wildman–Crippen LogP) is 3.23. The normalized spacial score (nSPS) is 21.3. The topological polar surface area (TPSA) is 61.8 Å². The van der Waals surface area contributed by atoms with E-state index in [1.165, 1.54) is 12.8 Å². The van der Waals surface area contributed by atoms with Crippen LogP contribution < -0.4 is 0 Å². The van der Waals surface area contributed by atoms with E-state index in [0.717, 1.165) is 51.4 Å². The van der Waals surface area contributed by atoms with Gasteiger partial charge in [-0.3, -0.25) is 4.18 Å².